The Morgan fingerprint density at radius 2 is 2.05 bits per heavy atom. The van der Waals surface area contributed by atoms with Crippen LogP contribution in [0.5, 0.6) is 0 Å². The largest absolute Gasteiger partial charge is 0.355 e. The van der Waals surface area contributed by atoms with Gasteiger partial charge in [0.05, 0.1) is 0 Å². The SMILES string of the molecule is CC1(C)CCCC1CNC(=O)c1ccc(N2CCCC2)nn1. The fourth-order valence-electron chi connectivity index (χ4n) is 3.64. The summed E-state index contributed by atoms with van der Waals surface area (Å²) in [5, 5.41) is 11.3. The van der Waals surface area contributed by atoms with Gasteiger partial charge in [0, 0.05) is 19.6 Å². The molecular formula is C17H26N4O. The number of carbonyl (C=O) groups excluding carboxylic acids is 1. The molecule has 120 valence electrons. The number of nitrogens with one attached hydrogen (secondary N) is 1. The van der Waals surface area contributed by atoms with Crippen LogP contribution in [-0.4, -0.2) is 35.7 Å². The van der Waals surface area contributed by atoms with Crippen molar-refractivity contribution in [3.05, 3.63) is 17.8 Å². The topological polar surface area (TPSA) is 58.1 Å². The summed E-state index contributed by atoms with van der Waals surface area (Å²) in [5.41, 5.74) is 0.747. The average Bonchev–Trinajstić information content (AvgIpc) is 3.14. The van der Waals surface area contributed by atoms with Crippen molar-refractivity contribution in [3.8, 4) is 0 Å². The van der Waals surface area contributed by atoms with Gasteiger partial charge in [-0.2, -0.15) is 0 Å². The summed E-state index contributed by atoms with van der Waals surface area (Å²) in [5.74, 6) is 1.34. The molecule has 1 atom stereocenters. The molecule has 1 unspecified atom stereocenters. The smallest absolute Gasteiger partial charge is 0.271 e. The Morgan fingerprint density at radius 3 is 2.64 bits per heavy atom. The van der Waals surface area contributed by atoms with Crippen LogP contribution >= 0.6 is 0 Å². The Hall–Kier alpha value is -1.65. The van der Waals surface area contributed by atoms with Gasteiger partial charge < -0.3 is 10.2 Å². The van der Waals surface area contributed by atoms with E-state index in [-0.39, 0.29) is 5.91 Å². The Labute approximate surface area is 132 Å². The molecule has 1 saturated heterocycles. The highest BCUT2D eigenvalue weighted by atomic mass is 16.1. The van der Waals surface area contributed by atoms with Crippen molar-refractivity contribution in [2.24, 2.45) is 11.3 Å². The van der Waals surface area contributed by atoms with Crippen molar-refractivity contribution < 1.29 is 4.79 Å². The van der Waals surface area contributed by atoms with Crippen LogP contribution in [0.15, 0.2) is 12.1 Å². The Kier molecular flexibility index (Phi) is 4.32. The van der Waals surface area contributed by atoms with E-state index in [0.29, 0.717) is 17.0 Å². The lowest BCUT2D eigenvalue weighted by Gasteiger charge is -2.27. The molecule has 22 heavy (non-hydrogen) atoms. The first kappa shape index (κ1) is 15.3. The van der Waals surface area contributed by atoms with Crippen LogP contribution in [0, 0.1) is 11.3 Å². The number of hydrogen-bond donors (Lipinski definition) is 1. The third-order valence-corrected chi connectivity index (χ3v) is 5.30. The Balaban J connectivity index is 1.56. The van der Waals surface area contributed by atoms with E-state index >= 15 is 0 Å². The summed E-state index contributed by atoms with van der Waals surface area (Å²) in [4.78, 5) is 14.4. The van der Waals surface area contributed by atoms with E-state index < -0.39 is 0 Å². The summed E-state index contributed by atoms with van der Waals surface area (Å²) in [7, 11) is 0. The van der Waals surface area contributed by atoms with Crippen LogP contribution in [0.3, 0.4) is 0 Å². The molecule has 1 aromatic heterocycles. The number of carbonyl (C=O) groups is 1. The normalized spacial score (nSPS) is 23.7. The maximum atomic E-state index is 12.2. The van der Waals surface area contributed by atoms with E-state index in [9.17, 15) is 4.79 Å². The molecular weight excluding hydrogens is 276 g/mol. The molecule has 1 N–H and O–H groups in total. The standard InChI is InChI=1S/C17H26N4O/c1-17(2)9-5-6-13(17)12-18-16(22)14-7-8-15(20-19-14)21-10-3-4-11-21/h7-8,13H,3-6,9-12H2,1-2H3,(H,18,22). The molecule has 1 aliphatic carbocycles. The fourth-order valence-corrected chi connectivity index (χ4v) is 3.64. The molecule has 2 fully saturated rings. The fraction of sp³-hybridized carbons (Fsp3) is 0.706. The third kappa shape index (κ3) is 3.23. The minimum Gasteiger partial charge on any atom is -0.355 e. The molecule has 1 saturated carbocycles. The van der Waals surface area contributed by atoms with E-state index in [1.807, 2.05) is 6.07 Å². The zero-order valence-corrected chi connectivity index (χ0v) is 13.6. The van der Waals surface area contributed by atoms with Crippen molar-refractivity contribution in [2.75, 3.05) is 24.5 Å². The van der Waals surface area contributed by atoms with Crippen LogP contribution in [-0.2, 0) is 0 Å². The second kappa shape index (κ2) is 6.23. The van der Waals surface area contributed by atoms with E-state index in [0.717, 1.165) is 25.5 Å². The van der Waals surface area contributed by atoms with E-state index in [4.69, 9.17) is 0 Å². The van der Waals surface area contributed by atoms with Crippen molar-refractivity contribution in [1.29, 1.82) is 0 Å². The molecule has 2 aliphatic rings. The minimum atomic E-state index is -0.108. The van der Waals surface area contributed by atoms with Gasteiger partial charge in [-0.1, -0.05) is 20.3 Å². The molecule has 0 spiro atoms. The summed E-state index contributed by atoms with van der Waals surface area (Å²) in [6.45, 7) is 7.40. The second-order valence-corrected chi connectivity index (χ2v) is 7.26. The molecule has 0 bridgehead atoms. The van der Waals surface area contributed by atoms with Crippen molar-refractivity contribution >= 4 is 11.7 Å². The first-order valence-corrected chi connectivity index (χ1v) is 8.43. The zero-order valence-electron chi connectivity index (χ0n) is 13.6. The Morgan fingerprint density at radius 1 is 1.27 bits per heavy atom. The molecule has 5 heteroatoms. The van der Waals surface area contributed by atoms with Gasteiger partial charge in [-0.05, 0) is 49.1 Å². The molecule has 1 amide bonds. The van der Waals surface area contributed by atoms with Gasteiger partial charge in [0.2, 0.25) is 0 Å². The molecule has 0 aromatic carbocycles. The number of rotatable bonds is 4. The van der Waals surface area contributed by atoms with Gasteiger partial charge >= 0.3 is 0 Å². The Bertz CT molecular complexity index is 520. The van der Waals surface area contributed by atoms with Gasteiger partial charge in [0.25, 0.3) is 5.91 Å². The van der Waals surface area contributed by atoms with Gasteiger partial charge in [-0.15, -0.1) is 10.2 Å². The maximum absolute atomic E-state index is 12.2. The average molecular weight is 302 g/mol. The monoisotopic (exact) mass is 302 g/mol. The lowest BCUT2D eigenvalue weighted by atomic mass is 9.82. The van der Waals surface area contributed by atoms with E-state index in [1.165, 1.54) is 32.1 Å². The highest BCUT2D eigenvalue weighted by molar-refractivity contribution is 5.92. The number of nitrogens with zero attached hydrogens (tertiary/aromatic N) is 3. The van der Waals surface area contributed by atoms with Crippen molar-refractivity contribution in [2.45, 2.75) is 46.0 Å². The van der Waals surface area contributed by atoms with Gasteiger partial charge in [0.15, 0.2) is 11.5 Å². The first-order chi connectivity index (χ1) is 10.6. The van der Waals surface area contributed by atoms with Gasteiger partial charge in [-0.25, -0.2) is 0 Å². The number of hydrogen-bond acceptors (Lipinski definition) is 4. The predicted molar refractivity (Wildman–Crippen MR) is 86.9 cm³/mol. The van der Waals surface area contributed by atoms with Crippen LogP contribution in [0.25, 0.3) is 0 Å². The number of aromatic nitrogens is 2. The summed E-state index contributed by atoms with van der Waals surface area (Å²) >= 11 is 0. The minimum absolute atomic E-state index is 0.108. The predicted octanol–water partition coefficient (Wildman–Crippen LogP) is 2.63. The summed E-state index contributed by atoms with van der Waals surface area (Å²) in [6, 6.07) is 3.70. The number of amides is 1. The van der Waals surface area contributed by atoms with Crippen LogP contribution in [0.1, 0.15) is 56.4 Å². The maximum Gasteiger partial charge on any atom is 0.271 e. The van der Waals surface area contributed by atoms with Crippen LogP contribution in [0.4, 0.5) is 5.82 Å². The molecule has 5 nitrogen and oxygen atoms in total. The van der Waals surface area contributed by atoms with Crippen LogP contribution < -0.4 is 10.2 Å². The lowest BCUT2D eigenvalue weighted by molar-refractivity contribution is 0.0931. The summed E-state index contributed by atoms with van der Waals surface area (Å²) in [6.07, 6.45) is 6.13. The van der Waals surface area contributed by atoms with Gasteiger partial charge in [-0.3, -0.25) is 4.79 Å². The van der Waals surface area contributed by atoms with Crippen LogP contribution in [0.2, 0.25) is 0 Å². The lowest BCUT2D eigenvalue weighted by Crippen LogP contribution is -2.34. The molecule has 2 heterocycles. The third-order valence-electron chi connectivity index (χ3n) is 5.30. The van der Waals surface area contributed by atoms with E-state index in [2.05, 4.69) is 34.3 Å². The van der Waals surface area contributed by atoms with Crippen molar-refractivity contribution in [3.63, 3.8) is 0 Å². The second-order valence-electron chi connectivity index (χ2n) is 7.26. The zero-order chi connectivity index (χ0) is 15.6. The first-order valence-electron chi connectivity index (χ1n) is 8.43. The van der Waals surface area contributed by atoms with Gasteiger partial charge in [0.1, 0.15) is 0 Å². The number of anilines is 1. The quantitative estimate of drug-likeness (QED) is 0.929. The molecule has 1 aromatic rings. The van der Waals surface area contributed by atoms with E-state index in [1.54, 1.807) is 6.07 Å². The highest BCUT2D eigenvalue weighted by Gasteiger charge is 2.34. The molecule has 3 rings (SSSR count). The summed E-state index contributed by atoms with van der Waals surface area (Å²) < 4.78 is 0. The molecule has 0 radical (unpaired) electrons. The molecule has 1 aliphatic heterocycles. The van der Waals surface area contributed by atoms with Crippen molar-refractivity contribution in [1.82, 2.24) is 15.5 Å². The highest BCUT2D eigenvalue weighted by Crippen LogP contribution is 2.42.